The summed E-state index contributed by atoms with van der Waals surface area (Å²) < 4.78 is 41.9. The maximum absolute atomic E-state index is 13.0. The van der Waals surface area contributed by atoms with E-state index in [1.54, 1.807) is 50.2 Å². The van der Waals surface area contributed by atoms with E-state index in [9.17, 15) is 17.6 Å². The van der Waals surface area contributed by atoms with Crippen molar-refractivity contribution in [3.63, 3.8) is 0 Å². The van der Waals surface area contributed by atoms with Crippen molar-refractivity contribution in [2.45, 2.75) is 24.3 Å². The number of halogens is 1. The molecule has 0 aliphatic heterocycles. The number of amides is 1. The zero-order valence-electron chi connectivity index (χ0n) is 16.8. The first-order valence-corrected chi connectivity index (χ1v) is 11.1. The summed E-state index contributed by atoms with van der Waals surface area (Å²) in [5.41, 5.74) is 1.17. The van der Waals surface area contributed by atoms with Gasteiger partial charge in [0, 0.05) is 11.9 Å². The van der Waals surface area contributed by atoms with Crippen molar-refractivity contribution in [1.82, 2.24) is 0 Å². The maximum atomic E-state index is 13.0. The molecule has 0 radical (unpaired) electrons. The van der Waals surface area contributed by atoms with Gasteiger partial charge < -0.3 is 10.1 Å². The summed E-state index contributed by atoms with van der Waals surface area (Å²) in [4.78, 5) is 12.9. The molecule has 0 bridgehead atoms. The lowest BCUT2D eigenvalue weighted by molar-refractivity contribution is -0.128. The summed E-state index contributed by atoms with van der Waals surface area (Å²) in [5, 5.41) is 2.80. The highest BCUT2D eigenvalue weighted by Gasteiger charge is 2.30. The van der Waals surface area contributed by atoms with Gasteiger partial charge >= 0.3 is 0 Å². The molecule has 0 spiro atoms. The van der Waals surface area contributed by atoms with Crippen molar-refractivity contribution in [2.24, 2.45) is 0 Å². The Bertz CT molecular complexity index is 1140. The fraction of sp³-hybridized carbons (Fsp3) is 0.174. The second kappa shape index (κ2) is 8.28. The molecule has 0 saturated carbocycles. The van der Waals surface area contributed by atoms with Gasteiger partial charge in [0.25, 0.3) is 5.91 Å². The smallest absolute Gasteiger partial charge is 0.267 e. The summed E-state index contributed by atoms with van der Waals surface area (Å²) in [6.45, 7) is 3.26. The standard InChI is InChI=1S/C23H22FNO4S/c1-23(2,29-20-12-8-18(24)9-13-20)22(26)25-19-10-4-16(5-11-19)17-6-14-21(15-7-17)30(3,27)28/h4-15H,1-3H3,(H,25,26). The molecule has 0 fully saturated rings. The van der Waals surface area contributed by atoms with E-state index in [-0.39, 0.29) is 16.6 Å². The molecule has 3 aromatic rings. The second-order valence-corrected chi connectivity index (χ2v) is 9.41. The molecule has 0 atom stereocenters. The molecular formula is C23H22FNO4S. The third-order valence-electron chi connectivity index (χ3n) is 4.49. The highest BCUT2D eigenvalue weighted by molar-refractivity contribution is 7.90. The van der Waals surface area contributed by atoms with Crippen molar-refractivity contribution < 1.29 is 22.3 Å². The summed E-state index contributed by atoms with van der Waals surface area (Å²) in [7, 11) is -3.24. The van der Waals surface area contributed by atoms with Crippen LogP contribution in [0.15, 0.2) is 77.7 Å². The maximum Gasteiger partial charge on any atom is 0.267 e. The average Bonchev–Trinajstić information content (AvgIpc) is 2.69. The van der Waals surface area contributed by atoms with Gasteiger partial charge in [-0.25, -0.2) is 12.8 Å². The predicted octanol–water partition coefficient (Wildman–Crippen LogP) is 4.69. The molecule has 156 valence electrons. The van der Waals surface area contributed by atoms with Crippen LogP contribution in [0.1, 0.15) is 13.8 Å². The van der Waals surface area contributed by atoms with Crippen LogP contribution in [0.4, 0.5) is 10.1 Å². The Morgan fingerprint density at radius 1 is 0.867 bits per heavy atom. The molecule has 0 saturated heterocycles. The highest BCUT2D eigenvalue weighted by Crippen LogP contribution is 2.24. The van der Waals surface area contributed by atoms with Gasteiger partial charge in [-0.3, -0.25) is 4.79 Å². The van der Waals surface area contributed by atoms with E-state index in [1.807, 2.05) is 12.1 Å². The van der Waals surface area contributed by atoms with Crippen LogP contribution in [0.2, 0.25) is 0 Å². The fourth-order valence-electron chi connectivity index (χ4n) is 2.77. The Kier molecular flexibility index (Phi) is 5.94. The quantitative estimate of drug-likeness (QED) is 0.619. The van der Waals surface area contributed by atoms with Crippen LogP contribution in [0.5, 0.6) is 5.75 Å². The molecule has 0 heterocycles. The number of nitrogens with one attached hydrogen (secondary N) is 1. The average molecular weight is 427 g/mol. The van der Waals surface area contributed by atoms with Gasteiger partial charge in [-0.2, -0.15) is 0 Å². The van der Waals surface area contributed by atoms with E-state index in [4.69, 9.17) is 4.74 Å². The normalized spacial score (nSPS) is 11.7. The van der Waals surface area contributed by atoms with E-state index < -0.39 is 15.4 Å². The number of hydrogen-bond donors (Lipinski definition) is 1. The monoisotopic (exact) mass is 427 g/mol. The van der Waals surface area contributed by atoms with Crippen LogP contribution in [-0.2, 0) is 14.6 Å². The number of ether oxygens (including phenoxy) is 1. The van der Waals surface area contributed by atoms with E-state index in [2.05, 4.69) is 5.32 Å². The first-order valence-electron chi connectivity index (χ1n) is 9.21. The summed E-state index contributed by atoms with van der Waals surface area (Å²) >= 11 is 0. The predicted molar refractivity (Wildman–Crippen MR) is 115 cm³/mol. The Labute approximate surface area is 175 Å². The number of rotatable bonds is 6. The van der Waals surface area contributed by atoms with Crippen LogP contribution in [0.25, 0.3) is 11.1 Å². The molecular weight excluding hydrogens is 405 g/mol. The number of carbonyl (C=O) groups excluding carboxylic acids is 1. The molecule has 7 heteroatoms. The lowest BCUT2D eigenvalue weighted by Crippen LogP contribution is -2.42. The first-order chi connectivity index (χ1) is 14.0. The molecule has 3 rings (SSSR count). The highest BCUT2D eigenvalue weighted by atomic mass is 32.2. The van der Waals surface area contributed by atoms with Gasteiger partial charge in [0.05, 0.1) is 4.90 Å². The lowest BCUT2D eigenvalue weighted by atomic mass is 10.0. The minimum absolute atomic E-state index is 0.263. The van der Waals surface area contributed by atoms with E-state index in [1.165, 1.54) is 30.5 Å². The lowest BCUT2D eigenvalue weighted by Gasteiger charge is -2.25. The molecule has 0 aliphatic carbocycles. The molecule has 0 aromatic heterocycles. The van der Waals surface area contributed by atoms with Crippen LogP contribution in [0.3, 0.4) is 0 Å². The van der Waals surface area contributed by atoms with Gasteiger partial charge in [-0.05, 0) is 73.5 Å². The van der Waals surface area contributed by atoms with Gasteiger partial charge in [-0.15, -0.1) is 0 Å². The Morgan fingerprint density at radius 2 is 1.37 bits per heavy atom. The van der Waals surface area contributed by atoms with E-state index >= 15 is 0 Å². The van der Waals surface area contributed by atoms with Gasteiger partial charge in [0.1, 0.15) is 11.6 Å². The minimum atomic E-state index is -3.24. The largest absolute Gasteiger partial charge is 0.478 e. The molecule has 0 unspecified atom stereocenters. The fourth-order valence-corrected chi connectivity index (χ4v) is 3.40. The third-order valence-corrected chi connectivity index (χ3v) is 5.62. The van der Waals surface area contributed by atoms with Crippen LogP contribution in [0, 0.1) is 5.82 Å². The number of anilines is 1. The minimum Gasteiger partial charge on any atom is -0.478 e. The molecule has 1 amide bonds. The third kappa shape index (κ3) is 5.24. The number of sulfone groups is 1. The van der Waals surface area contributed by atoms with E-state index in [0.717, 1.165) is 11.1 Å². The summed E-state index contributed by atoms with van der Waals surface area (Å²) in [6.07, 6.45) is 1.17. The first kappa shape index (κ1) is 21.5. The van der Waals surface area contributed by atoms with Crippen molar-refractivity contribution >= 4 is 21.4 Å². The molecule has 0 aliphatic rings. The molecule has 5 nitrogen and oxygen atoms in total. The topological polar surface area (TPSA) is 72.5 Å². The zero-order valence-corrected chi connectivity index (χ0v) is 17.7. The Morgan fingerprint density at radius 3 is 1.87 bits per heavy atom. The number of carbonyl (C=O) groups is 1. The SMILES string of the molecule is CC(C)(Oc1ccc(F)cc1)C(=O)Nc1ccc(-c2ccc(S(C)(=O)=O)cc2)cc1. The second-order valence-electron chi connectivity index (χ2n) is 7.39. The number of hydrogen-bond acceptors (Lipinski definition) is 4. The Balaban J connectivity index is 1.68. The van der Waals surface area contributed by atoms with Gasteiger partial charge in [-0.1, -0.05) is 24.3 Å². The van der Waals surface area contributed by atoms with Crippen molar-refractivity contribution in [2.75, 3.05) is 11.6 Å². The summed E-state index contributed by atoms with van der Waals surface area (Å²) in [6, 6.07) is 19.3. The molecule has 30 heavy (non-hydrogen) atoms. The molecule has 3 aromatic carbocycles. The van der Waals surface area contributed by atoms with Crippen LogP contribution in [-0.4, -0.2) is 26.2 Å². The van der Waals surface area contributed by atoms with Crippen molar-refractivity contribution in [3.05, 3.63) is 78.6 Å². The molecule has 1 N–H and O–H groups in total. The Hall–Kier alpha value is -3.19. The van der Waals surface area contributed by atoms with Crippen molar-refractivity contribution in [1.29, 1.82) is 0 Å². The van der Waals surface area contributed by atoms with E-state index in [0.29, 0.717) is 11.4 Å². The summed E-state index contributed by atoms with van der Waals surface area (Å²) in [5.74, 6) is -0.336. The van der Waals surface area contributed by atoms with Crippen molar-refractivity contribution in [3.8, 4) is 16.9 Å². The van der Waals surface area contributed by atoms with Gasteiger partial charge in [0.15, 0.2) is 15.4 Å². The number of benzene rings is 3. The van der Waals surface area contributed by atoms with Gasteiger partial charge in [0.2, 0.25) is 0 Å². The van der Waals surface area contributed by atoms with Crippen LogP contribution < -0.4 is 10.1 Å². The van der Waals surface area contributed by atoms with Crippen LogP contribution >= 0.6 is 0 Å². The zero-order chi connectivity index (χ0) is 21.9.